The molecular weight excluding hydrogens is 347 g/mol. The SMILES string of the molecule is C#CC(O)Cc1c(Cl)nc(Cl)n1S(=O)(=O)c1ccc(C)cc1. The van der Waals surface area contributed by atoms with Crippen LogP contribution in [0.15, 0.2) is 29.2 Å². The zero-order valence-electron chi connectivity index (χ0n) is 11.5. The second kappa shape index (κ2) is 6.31. The van der Waals surface area contributed by atoms with Crippen molar-refractivity contribution in [3.05, 3.63) is 46.0 Å². The molecule has 8 heteroatoms. The molecule has 0 saturated heterocycles. The number of hydrogen-bond donors (Lipinski definition) is 1. The number of aryl methyl sites for hydroxylation is 1. The van der Waals surface area contributed by atoms with Crippen LogP contribution in [-0.4, -0.2) is 28.6 Å². The van der Waals surface area contributed by atoms with Crippen LogP contribution in [0.25, 0.3) is 0 Å². The number of terminal acetylenes is 1. The van der Waals surface area contributed by atoms with Crippen molar-refractivity contribution < 1.29 is 13.5 Å². The normalized spacial score (nSPS) is 12.9. The number of imidazole rings is 1. The summed E-state index contributed by atoms with van der Waals surface area (Å²) in [4.78, 5) is 3.78. The molecular formula is C14H12Cl2N2O3S. The molecule has 0 aliphatic carbocycles. The predicted molar refractivity (Wildman–Crippen MR) is 84.6 cm³/mol. The molecule has 0 radical (unpaired) electrons. The van der Waals surface area contributed by atoms with Crippen LogP contribution in [0, 0.1) is 19.3 Å². The maximum atomic E-state index is 12.7. The van der Waals surface area contributed by atoms with Crippen molar-refractivity contribution in [1.82, 2.24) is 8.96 Å². The highest BCUT2D eigenvalue weighted by Gasteiger charge is 2.27. The predicted octanol–water partition coefficient (Wildman–Crippen LogP) is 2.27. The first-order chi connectivity index (χ1) is 10.3. The van der Waals surface area contributed by atoms with Gasteiger partial charge in [0.1, 0.15) is 6.10 Å². The third-order valence-corrected chi connectivity index (χ3v) is 5.38. The lowest BCUT2D eigenvalue weighted by atomic mass is 10.2. The zero-order chi connectivity index (χ0) is 16.5. The molecule has 1 N–H and O–H groups in total. The zero-order valence-corrected chi connectivity index (χ0v) is 13.8. The van der Waals surface area contributed by atoms with Gasteiger partial charge in [0.25, 0.3) is 10.0 Å². The van der Waals surface area contributed by atoms with Gasteiger partial charge in [-0.25, -0.2) is 17.4 Å². The molecule has 0 fully saturated rings. The summed E-state index contributed by atoms with van der Waals surface area (Å²) in [5.41, 5.74) is 0.953. The van der Waals surface area contributed by atoms with Gasteiger partial charge in [0, 0.05) is 6.42 Å². The van der Waals surface area contributed by atoms with Crippen molar-refractivity contribution in [2.75, 3.05) is 0 Å². The van der Waals surface area contributed by atoms with Crippen molar-refractivity contribution in [3.8, 4) is 12.3 Å². The molecule has 22 heavy (non-hydrogen) atoms. The van der Waals surface area contributed by atoms with Crippen molar-refractivity contribution in [2.45, 2.75) is 24.3 Å². The van der Waals surface area contributed by atoms with E-state index < -0.39 is 16.1 Å². The van der Waals surface area contributed by atoms with E-state index in [-0.39, 0.29) is 27.4 Å². The summed E-state index contributed by atoms with van der Waals surface area (Å²) in [6, 6.07) is 6.23. The summed E-state index contributed by atoms with van der Waals surface area (Å²) in [5.74, 6) is 2.09. The van der Waals surface area contributed by atoms with Crippen LogP contribution in [0.4, 0.5) is 0 Å². The van der Waals surface area contributed by atoms with Gasteiger partial charge in [-0.15, -0.1) is 6.42 Å². The molecule has 1 heterocycles. The topological polar surface area (TPSA) is 72.2 Å². The highest BCUT2D eigenvalue weighted by Crippen LogP contribution is 2.27. The molecule has 0 aliphatic rings. The molecule has 1 aromatic heterocycles. The fraction of sp³-hybridized carbons (Fsp3) is 0.214. The molecule has 116 valence electrons. The lowest BCUT2D eigenvalue weighted by Gasteiger charge is -2.12. The molecule has 0 saturated carbocycles. The Balaban J connectivity index is 2.61. The lowest BCUT2D eigenvalue weighted by Crippen LogP contribution is -2.19. The van der Waals surface area contributed by atoms with Gasteiger partial charge < -0.3 is 5.11 Å². The van der Waals surface area contributed by atoms with Crippen LogP contribution >= 0.6 is 23.2 Å². The van der Waals surface area contributed by atoms with E-state index in [2.05, 4.69) is 10.9 Å². The van der Waals surface area contributed by atoms with Gasteiger partial charge in [-0.05, 0) is 30.7 Å². The number of halogens is 2. The van der Waals surface area contributed by atoms with E-state index in [1.807, 2.05) is 6.92 Å². The molecule has 2 aromatic rings. The Labute approximate surface area is 138 Å². The van der Waals surface area contributed by atoms with Crippen LogP contribution in [0.5, 0.6) is 0 Å². The summed E-state index contributed by atoms with van der Waals surface area (Å²) in [5, 5.41) is 9.14. The summed E-state index contributed by atoms with van der Waals surface area (Å²) in [7, 11) is -3.99. The maximum absolute atomic E-state index is 12.7. The van der Waals surface area contributed by atoms with Gasteiger partial charge >= 0.3 is 0 Å². The minimum atomic E-state index is -3.99. The van der Waals surface area contributed by atoms with Crippen molar-refractivity contribution in [1.29, 1.82) is 0 Å². The Morgan fingerprint density at radius 3 is 2.50 bits per heavy atom. The van der Waals surface area contributed by atoms with Crippen molar-refractivity contribution in [3.63, 3.8) is 0 Å². The van der Waals surface area contributed by atoms with Gasteiger partial charge in [-0.2, -0.15) is 0 Å². The number of nitrogens with zero attached hydrogens (tertiary/aromatic N) is 2. The fourth-order valence-corrected chi connectivity index (χ4v) is 4.03. The van der Waals surface area contributed by atoms with E-state index in [0.29, 0.717) is 0 Å². The highest BCUT2D eigenvalue weighted by atomic mass is 35.5. The van der Waals surface area contributed by atoms with E-state index >= 15 is 0 Å². The number of aliphatic hydroxyl groups is 1. The Morgan fingerprint density at radius 1 is 1.36 bits per heavy atom. The number of hydrogen-bond acceptors (Lipinski definition) is 4. The Hall–Kier alpha value is -1.52. The lowest BCUT2D eigenvalue weighted by molar-refractivity contribution is 0.232. The number of aliphatic hydroxyl groups excluding tert-OH is 1. The number of rotatable bonds is 4. The van der Waals surface area contributed by atoms with Crippen LogP contribution in [0.3, 0.4) is 0 Å². The average molecular weight is 359 g/mol. The third kappa shape index (κ3) is 3.13. The van der Waals surface area contributed by atoms with Gasteiger partial charge in [-0.3, -0.25) is 0 Å². The molecule has 1 atom stereocenters. The summed E-state index contributed by atoms with van der Waals surface area (Å²) >= 11 is 11.8. The first-order valence-corrected chi connectivity index (χ1v) is 8.36. The van der Waals surface area contributed by atoms with Gasteiger partial charge in [-0.1, -0.05) is 35.2 Å². The second-order valence-corrected chi connectivity index (χ2v) is 7.07. The van der Waals surface area contributed by atoms with E-state index in [1.54, 1.807) is 12.1 Å². The molecule has 5 nitrogen and oxygen atoms in total. The summed E-state index contributed by atoms with van der Waals surface area (Å²) in [6.07, 6.45) is 3.73. The van der Waals surface area contributed by atoms with E-state index in [9.17, 15) is 13.5 Å². The van der Waals surface area contributed by atoms with Gasteiger partial charge in [0.2, 0.25) is 5.28 Å². The first-order valence-electron chi connectivity index (χ1n) is 6.16. The minimum absolute atomic E-state index is 0.0329. The van der Waals surface area contributed by atoms with Crippen molar-refractivity contribution >= 4 is 33.2 Å². The molecule has 1 unspecified atom stereocenters. The second-order valence-electron chi connectivity index (χ2n) is 4.59. The summed E-state index contributed by atoms with van der Waals surface area (Å²) < 4.78 is 26.2. The quantitative estimate of drug-likeness (QED) is 0.851. The number of aromatic nitrogens is 2. The van der Waals surface area contributed by atoms with Gasteiger partial charge in [0.15, 0.2) is 5.15 Å². The molecule has 2 rings (SSSR count). The highest BCUT2D eigenvalue weighted by molar-refractivity contribution is 7.90. The monoisotopic (exact) mass is 358 g/mol. The van der Waals surface area contributed by atoms with Crippen LogP contribution in [-0.2, 0) is 16.4 Å². The van der Waals surface area contributed by atoms with E-state index in [1.165, 1.54) is 12.1 Å². The van der Waals surface area contributed by atoms with Crippen LogP contribution in [0.2, 0.25) is 10.4 Å². The van der Waals surface area contributed by atoms with E-state index in [0.717, 1.165) is 9.54 Å². The Kier molecular flexibility index (Phi) is 4.83. The standard InChI is InChI=1S/C14H12Cl2N2O3S/c1-3-10(19)8-12-13(15)17-14(16)18(12)22(20,21)11-6-4-9(2)5-7-11/h1,4-7,10,19H,8H2,2H3. The fourth-order valence-electron chi connectivity index (χ4n) is 1.86. The van der Waals surface area contributed by atoms with E-state index in [4.69, 9.17) is 29.6 Å². The first kappa shape index (κ1) is 16.8. The van der Waals surface area contributed by atoms with Crippen molar-refractivity contribution in [2.24, 2.45) is 0 Å². The summed E-state index contributed by atoms with van der Waals surface area (Å²) in [6.45, 7) is 1.84. The number of benzene rings is 1. The Bertz CT molecular complexity index is 836. The molecule has 1 aromatic carbocycles. The largest absolute Gasteiger partial charge is 0.380 e. The maximum Gasteiger partial charge on any atom is 0.270 e. The smallest absolute Gasteiger partial charge is 0.270 e. The third-order valence-electron chi connectivity index (χ3n) is 2.98. The molecule has 0 amide bonds. The molecule has 0 spiro atoms. The molecule has 0 bridgehead atoms. The Morgan fingerprint density at radius 2 is 1.95 bits per heavy atom. The molecule has 0 aliphatic heterocycles. The van der Waals surface area contributed by atoms with Crippen LogP contribution < -0.4 is 0 Å². The van der Waals surface area contributed by atoms with Crippen LogP contribution in [0.1, 0.15) is 11.3 Å². The van der Waals surface area contributed by atoms with Gasteiger partial charge in [0.05, 0.1) is 10.6 Å². The average Bonchev–Trinajstić information content (AvgIpc) is 2.74. The minimum Gasteiger partial charge on any atom is -0.380 e.